The number of rotatable bonds is 6. The molecule has 0 aromatic heterocycles. The molecule has 1 aliphatic rings. The fourth-order valence-corrected chi connectivity index (χ4v) is 2.53. The molecule has 2 unspecified atom stereocenters. The van der Waals surface area contributed by atoms with Gasteiger partial charge in [0.05, 0.1) is 0 Å². The van der Waals surface area contributed by atoms with Gasteiger partial charge in [0.2, 0.25) is 5.91 Å². The van der Waals surface area contributed by atoms with Crippen LogP contribution in [0.1, 0.15) is 32.1 Å². The molecule has 16 heavy (non-hydrogen) atoms. The van der Waals surface area contributed by atoms with Crippen LogP contribution in [0.2, 0.25) is 0 Å². The zero-order valence-electron chi connectivity index (χ0n) is 10.4. The molecule has 0 radical (unpaired) electrons. The van der Waals surface area contributed by atoms with Gasteiger partial charge in [0, 0.05) is 33.2 Å². The molecule has 1 aliphatic carbocycles. The topological polar surface area (TPSA) is 55.6 Å². The van der Waals surface area contributed by atoms with Crippen molar-refractivity contribution in [3.8, 4) is 0 Å². The Balaban J connectivity index is 2.37. The second-order valence-electron chi connectivity index (χ2n) is 4.60. The summed E-state index contributed by atoms with van der Waals surface area (Å²) in [6, 6.07) is 0.361. The van der Waals surface area contributed by atoms with Gasteiger partial charge in [-0.3, -0.25) is 4.79 Å². The Morgan fingerprint density at radius 3 is 2.88 bits per heavy atom. The van der Waals surface area contributed by atoms with E-state index in [-0.39, 0.29) is 5.91 Å². The van der Waals surface area contributed by atoms with Crippen molar-refractivity contribution in [3.63, 3.8) is 0 Å². The third kappa shape index (κ3) is 3.46. The Morgan fingerprint density at radius 2 is 2.25 bits per heavy atom. The highest BCUT2D eigenvalue weighted by Crippen LogP contribution is 2.28. The Hall–Kier alpha value is -0.610. The van der Waals surface area contributed by atoms with Crippen LogP contribution in [0.5, 0.6) is 0 Å². The molecule has 1 fully saturated rings. The minimum Gasteiger partial charge on any atom is -0.385 e. The summed E-state index contributed by atoms with van der Waals surface area (Å²) in [5, 5.41) is 0. The van der Waals surface area contributed by atoms with Gasteiger partial charge in [-0.2, -0.15) is 0 Å². The average Bonchev–Trinajstić information content (AvgIpc) is 2.76. The lowest BCUT2D eigenvalue weighted by molar-refractivity contribution is -0.132. The quantitative estimate of drug-likeness (QED) is 0.690. The van der Waals surface area contributed by atoms with E-state index >= 15 is 0 Å². The second-order valence-corrected chi connectivity index (χ2v) is 4.60. The Morgan fingerprint density at radius 1 is 1.50 bits per heavy atom. The number of hydrogen-bond acceptors (Lipinski definition) is 3. The van der Waals surface area contributed by atoms with Gasteiger partial charge >= 0.3 is 0 Å². The number of carbonyl (C=O) groups is 1. The molecular weight excluding hydrogens is 204 g/mol. The lowest BCUT2D eigenvalue weighted by Crippen LogP contribution is -2.41. The Bertz CT molecular complexity index is 221. The first-order valence-corrected chi connectivity index (χ1v) is 6.15. The van der Waals surface area contributed by atoms with Crippen LogP contribution < -0.4 is 5.73 Å². The number of ether oxygens (including phenoxy) is 1. The fourth-order valence-electron chi connectivity index (χ4n) is 2.53. The molecule has 4 heteroatoms. The van der Waals surface area contributed by atoms with Crippen LogP contribution in [0, 0.1) is 5.92 Å². The van der Waals surface area contributed by atoms with E-state index in [2.05, 4.69) is 0 Å². The lowest BCUT2D eigenvalue weighted by Gasteiger charge is -2.29. The van der Waals surface area contributed by atoms with Crippen LogP contribution in [0.3, 0.4) is 0 Å². The van der Waals surface area contributed by atoms with Crippen LogP contribution in [0.15, 0.2) is 0 Å². The monoisotopic (exact) mass is 228 g/mol. The fraction of sp³-hybridized carbons (Fsp3) is 0.917. The van der Waals surface area contributed by atoms with Gasteiger partial charge in [-0.05, 0) is 31.7 Å². The van der Waals surface area contributed by atoms with E-state index < -0.39 is 0 Å². The zero-order valence-corrected chi connectivity index (χ0v) is 10.4. The van der Waals surface area contributed by atoms with Crippen molar-refractivity contribution in [1.82, 2.24) is 4.90 Å². The maximum absolute atomic E-state index is 11.9. The smallest absolute Gasteiger partial charge is 0.222 e. The minimum absolute atomic E-state index is 0.224. The summed E-state index contributed by atoms with van der Waals surface area (Å²) < 4.78 is 4.95. The van der Waals surface area contributed by atoms with Gasteiger partial charge in [-0.1, -0.05) is 6.42 Å². The van der Waals surface area contributed by atoms with Gasteiger partial charge < -0.3 is 15.4 Å². The molecule has 0 spiro atoms. The molecular formula is C12H24N2O2. The molecule has 94 valence electrons. The van der Waals surface area contributed by atoms with Crippen molar-refractivity contribution in [2.24, 2.45) is 11.7 Å². The molecule has 0 aliphatic heterocycles. The van der Waals surface area contributed by atoms with Crippen molar-refractivity contribution in [2.75, 3.05) is 27.3 Å². The summed E-state index contributed by atoms with van der Waals surface area (Å²) >= 11 is 0. The summed E-state index contributed by atoms with van der Waals surface area (Å²) in [5.74, 6) is 0.721. The Labute approximate surface area is 98.1 Å². The highest BCUT2D eigenvalue weighted by atomic mass is 16.5. The summed E-state index contributed by atoms with van der Waals surface area (Å²) in [5.41, 5.74) is 5.73. The van der Waals surface area contributed by atoms with Gasteiger partial charge in [0.15, 0.2) is 0 Å². The third-order valence-corrected chi connectivity index (χ3v) is 3.55. The van der Waals surface area contributed by atoms with Crippen LogP contribution >= 0.6 is 0 Å². The number of amides is 1. The molecule has 1 saturated carbocycles. The summed E-state index contributed by atoms with van der Waals surface area (Å²) in [6.07, 6.45) is 4.85. The van der Waals surface area contributed by atoms with Gasteiger partial charge in [-0.25, -0.2) is 0 Å². The minimum atomic E-state index is 0.224. The molecule has 2 N–H and O–H groups in total. The summed E-state index contributed by atoms with van der Waals surface area (Å²) in [4.78, 5) is 13.8. The van der Waals surface area contributed by atoms with Gasteiger partial charge in [0.25, 0.3) is 0 Å². The van der Waals surface area contributed by atoms with E-state index in [4.69, 9.17) is 10.5 Å². The van der Waals surface area contributed by atoms with Gasteiger partial charge in [-0.15, -0.1) is 0 Å². The highest BCUT2D eigenvalue weighted by molar-refractivity contribution is 5.76. The van der Waals surface area contributed by atoms with Crippen molar-refractivity contribution >= 4 is 5.91 Å². The largest absolute Gasteiger partial charge is 0.385 e. The predicted octanol–water partition coefficient (Wildman–Crippen LogP) is 0.999. The molecule has 4 nitrogen and oxygen atoms in total. The van der Waals surface area contributed by atoms with E-state index in [0.717, 1.165) is 19.3 Å². The SMILES string of the molecule is COCCCC(=O)N(C)C1CCCC1CN. The standard InChI is InChI=1S/C12H24N2O2/c1-14(12(15)7-4-8-16-2)11-6-3-5-10(11)9-13/h10-11H,3-9,13H2,1-2H3. The molecule has 0 heterocycles. The zero-order chi connectivity index (χ0) is 12.0. The molecule has 0 aromatic rings. The van der Waals surface area contributed by atoms with E-state index in [0.29, 0.717) is 31.5 Å². The maximum Gasteiger partial charge on any atom is 0.222 e. The summed E-state index contributed by atoms with van der Waals surface area (Å²) in [6.45, 7) is 1.35. The molecule has 1 amide bonds. The van der Waals surface area contributed by atoms with Crippen LogP contribution in [0.4, 0.5) is 0 Å². The van der Waals surface area contributed by atoms with E-state index in [1.165, 1.54) is 6.42 Å². The lowest BCUT2D eigenvalue weighted by atomic mass is 10.0. The molecule has 0 bridgehead atoms. The van der Waals surface area contributed by atoms with E-state index in [9.17, 15) is 4.79 Å². The van der Waals surface area contributed by atoms with Crippen molar-refractivity contribution in [3.05, 3.63) is 0 Å². The third-order valence-electron chi connectivity index (χ3n) is 3.55. The van der Waals surface area contributed by atoms with E-state index in [1.54, 1.807) is 7.11 Å². The predicted molar refractivity (Wildman–Crippen MR) is 64.1 cm³/mol. The van der Waals surface area contributed by atoms with Gasteiger partial charge in [0.1, 0.15) is 0 Å². The van der Waals surface area contributed by atoms with E-state index in [1.807, 2.05) is 11.9 Å². The normalized spacial score (nSPS) is 24.7. The van der Waals surface area contributed by atoms with Crippen molar-refractivity contribution in [2.45, 2.75) is 38.1 Å². The number of methoxy groups -OCH3 is 1. The highest BCUT2D eigenvalue weighted by Gasteiger charge is 2.31. The molecule has 0 aromatic carbocycles. The number of carbonyl (C=O) groups excluding carboxylic acids is 1. The Kier molecular flexibility index (Phi) is 5.77. The summed E-state index contributed by atoms with van der Waals surface area (Å²) in [7, 11) is 3.57. The first-order chi connectivity index (χ1) is 7.70. The van der Waals surface area contributed by atoms with Crippen molar-refractivity contribution in [1.29, 1.82) is 0 Å². The molecule has 2 atom stereocenters. The first kappa shape index (κ1) is 13.5. The molecule has 1 rings (SSSR count). The maximum atomic E-state index is 11.9. The first-order valence-electron chi connectivity index (χ1n) is 6.15. The second kappa shape index (κ2) is 6.86. The number of hydrogen-bond donors (Lipinski definition) is 1. The van der Waals surface area contributed by atoms with Crippen LogP contribution in [-0.2, 0) is 9.53 Å². The number of nitrogens with two attached hydrogens (primary N) is 1. The average molecular weight is 228 g/mol. The van der Waals surface area contributed by atoms with Crippen molar-refractivity contribution < 1.29 is 9.53 Å². The van der Waals surface area contributed by atoms with Crippen LogP contribution in [0.25, 0.3) is 0 Å². The van der Waals surface area contributed by atoms with Crippen LogP contribution in [-0.4, -0.2) is 44.2 Å². The number of nitrogens with zero attached hydrogens (tertiary/aromatic N) is 1. The molecule has 0 saturated heterocycles.